The van der Waals surface area contributed by atoms with Gasteiger partial charge < -0.3 is 4.98 Å². The minimum Gasteiger partial charge on any atom is -0.321 e. The number of aryl methyl sites for hydroxylation is 1. The molecule has 0 radical (unpaired) electrons. The fourth-order valence-corrected chi connectivity index (χ4v) is 2.29. The van der Waals surface area contributed by atoms with Gasteiger partial charge in [0.1, 0.15) is 0 Å². The van der Waals surface area contributed by atoms with E-state index >= 15 is 0 Å². The van der Waals surface area contributed by atoms with E-state index in [1.54, 1.807) is 0 Å². The highest BCUT2D eigenvalue weighted by molar-refractivity contribution is 5.84. The number of H-pyrrole nitrogens is 1. The lowest BCUT2D eigenvalue weighted by molar-refractivity contribution is 1.14. The molecule has 0 atom stereocenters. The first kappa shape index (κ1) is 11.7. The first-order chi connectivity index (χ1) is 9.28. The number of aromatic nitrogens is 1. The van der Waals surface area contributed by atoms with Crippen LogP contribution in [-0.2, 0) is 6.42 Å². The van der Waals surface area contributed by atoms with Crippen molar-refractivity contribution in [1.29, 1.82) is 0 Å². The molecule has 3 aromatic rings. The third-order valence-corrected chi connectivity index (χ3v) is 3.43. The van der Waals surface area contributed by atoms with Crippen LogP contribution in [0.1, 0.15) is 12.5 Å². The molecular formula is C17H15NO. The van der Waals surface area contributed by atoms with Crippen molar-refractivity contribution in [3.8, 4) is 11.3 Å². The normalized spacial score (nSPS) is 10.8. The Hall–Kier alpha value is -2.35. The van der Waals surface area contributed by atoms with Crippen molar-refractivity contribution in [3.63, 3.8) is 0 Å². The average Bonchev–Trinajstić information content (AvgIpc) is 2.47. The molecule has 0 amide bonds. The summed E-state index contributed by atoms with van der Waals surface area (Å²) in [4.78, 5) is 15.0. The highest BCUT2D eigenvalue weighted by atomic mass is 16.1. The Kier molecular flexibility index (Phi) is 2.92. The van der Waals surface area contributed by atoms with Gasteiger partial charge in [-0.2, -0.15) is 0 Å². The summed E-state index contributed by atoms with van der Waals surface area (Å²) in [6.07, 6.45) is 1.02. The van der Waals surface area contributed by atoms with Gasteiger partial charge in [0.15, 0.2) is 0 Å². The van der Waals surface area contributed by atoms with Crippen LogP contribution in [0, 0.1) is 0 Å². The van der Waals surface area contributed by atoms with Gasteiger partial charge >= 0.3 is 0 Å². The smallest absolute Gasteiger partial charge is 0.256 e. The van der Waals surface area contributed by atoms with Crippen LogP contribution in [0.15, 0.2) is 59.4 Å². The molecule has 0 spiro atoms. The van der Waals surface area contributed by atoms with Gasteiger partial charge in [0, 0.05) is 11.1 Å². The van der Waals surface area contributed by atoms with Crippen LogP contribution in [0.25, 0.3) is 22.0 Å². The van der Waals surface area contributed by atoms with Crippen molar-refractivity contribution >= 4 is 10.8 Å². The predicted octanol–water partition coefficient (Wildman–Crippen LogP) is 3.76. The molecule has 0 aliphatic carbocycles. The maximum Gasteiger partial charge on any atom is 0.256 e. The lowest BCUT2D eigenvalue weighted by Gasteiger charge is -2.05. The Bertz CT molecular complexity index is 769. The number of aromatic amines is 1. The number of pyridine rings is 1. The molecule has 94 valence electrons. The first-order valence-electron chi connectivity index (χ1n) is 6.49. The maximum absolute atomic E-state index is 12.0. The zero-order chi connectivity index (χ0) is 13.2. The molecule has 0 aliphatic rings. The van der Waals surface area contributed by atoms with Gasteiger partial charge in [0.25, 0.3) is 5.56 Å². The molecule has 1 aromatic heterocycles. The van der Waals surface area contributed by atoms with Gasteiger partial charge in [-0.3, -0.25) is 4.79 Å². The zero-order valence-corrected chi connectivity index (χ0v) is 10.8. The van der Waals surface area contributed by atoms with Crippen LogP contribution in [-0.4, -0.2) is 4.98 Å². The van der Waals surface area contributed by atoms with E-state index in [9.17, 15) is 4.79 Å². The topological polar surface area (TPSA) is 32.9 Å². The van der Waals surface area contributed by atoms with E-state index in [1.807, 2.05) is 30.3 Å². The largest absolute Gasteiger partial charge is 0.321 e. The molecule has 0 saturated heterocycles. The monoisotopic (exact) mass is 249 g/mol. The standard InChI is InChI=1S/C17H15NO/c1-2-12-7-9-13(10-8-12)16-11-14-5-3-4-6-15(14)17(19)18-16/h3-11H,2H2,1H3,(H,18,19). The number of fused-ring (bicyclic) bond motifs is 1. The lowest BCUT2D eigenvalue weighted by Crippen LogP contribution is -2.06. The van der Waals surface area contributed by atoms with Gasteiger partial charge in [-0.15, -0.1) is 0 Å². The van der Waals surface area contributed by atoms with Crippen molar-refractivity contribution < 1.29 is 0 Å². The van der Waals surface area contributed by atoms with Crippen LogP contribution in [0.4, 0.5) is 0 Å². The Morgan fingerprint density at radius 3 is 2.47 bits per heavy atom. The molecule has 2 nitrogen and oxygen atoms in total. The Labute approximate surface area is 111 Å². The first-order valence-corrected chi connectivity index (χ1v) is 6.49. The maximum atomic E-state index is 12.0. The number of rotatable bonds is 2. The summed E-state index contributed by atoms with van der Waals surface area (Å²) in [7, 11) is 0. The second-order valence-corrected chi connectivity index (χ2v) is 4.65. The third kappa shape index (κ3) is 2.17. The lowest BCUT2D eigenvalue weighted by atomic mass is 10.0. The molecule has 0 bridgehead atoms. The summed E-state index contributed by atoms with van der Waals surface area (Å²) in [5.41, 5.74) is 3.17. The van der Waals surface area contributed by atoms with Crippen molar-refractivity contribution in [2.45, 2.75) is 13.3 Å². The van der Waals surface area contributed by atoms with E-state index in [2.05, 4.69) is 36.2 Å². The molecule has 3 rings (SSSR count). The van der Waals surface area contributed by atoms with Crippen molar-refractivity contribution in [1.82, 2.24) is 4.98 Å². The third-order valence-electron chi connectivity index (χ3n) is 3.43. The summed E-state index contributed by atoms with van der Waals surface area (Å²) >= 11 is 0. The van der Waals surface area contributed by atoms with E-state index in [4.69, 9.17) is 0 Å². The number of nitrogens with one attached hydrogen (secondary N) is 1. The SMILES string of the molecule is CCc1ccc(-c2cc3ccccc3c(=O)[nH]2)cc1. The molecule has 0 aliphatic heterocycles. The van der Waals surface area contributed by atoms with Gasteiger partial charge in [0.2, 0.25) is 0 Å². The minimum absolute atomic E-state index is 0.0346. The highest BCUT2D eigenvalue weighted by Crippen LogP contribution is 2.20. The van der Waals surface area contributed by atoms with Crippen molar-refractivity contribution in [2.75, 3.05) is 0 Å². The fraction of sp³-hybridized carbons (Fsp3) is 0.118. The van der Waals surface area contributed by atoms with Crippen molar-refractivity contribution in [3.05, 3.63) is 70.5 Å². The zero-order valence-electron chi connectivity index (χ0n) is 10.8. The molecule has 1 heterocycles. The predicted molar refractivity (Wildman–Crippen MR) is 79.4 cm³/mol. The minimum atomic E-state index is -0.0346. The second-order valence-electron chi connectivity index (χ2n) is 4.65. The van der Waals surface area contributed by atoms with E-state index in [0.717, 1.165) is 28.5 Å². The van der Waals surface area contributed by atoms with Crippen LogP contribution in [0.3, 0.4) is 0 Å². The molecular weight excluding hydrogens is 234 g/mol. The highest BCUT2D eigenvalue weighted by Gasteiger charge is 2.03. The summed E-state index contributed by atoms with van der Waals surface area (Å²) in [5, 5.41) is 1.71. The number of hydrogen-bond donors (Lipinski definition) is 1. The Morgan fingerprint density at radius 1 is 1.00 bits per heavy atom. The molecule has 0 unspecified atom stereocenters. The summed E-state index contributed by atoms with van der Waals surface area (Å²) in [6, 6.07) is 18.0. The van der Waals surface area contributed by atoms with Gasteiger partial charge in [-0.25, -0.2) is 0 Å². The van der Waals surface area contributed by atoms with Gasteiger partial charge in [-0.1, -0.05) is 49.4 Å². The van der Waals surface area contributed by atoms with E-state index < -0.39 is 0 Å². The quantitative estimate of drug-likeness (QED) is 0.737. The summed E-state index contributed by atoms with van der Waals surface area (Å²) in [5.74, 6) is 0. The van der Waals surface area contributed by atoms with Crippen LogP contribution >= 0.6 is 0 Å². The molecule has 2 aromatic carbocycles. The molecule has 1 N–H and O–H groups in total. The number of hydrogen-bond acceptors (Lipinski definition) is 1. The molecule has 0 fully saturated rings. The van der Waals surface area contributed by atoms with Gasteiger partial charge in [-0.05, 0) is 35.1 Å². The van der Waals surface area contributed by atoms with Crippen LogP contribution in [0.5, 0.6) is 0 Å². The average molecular weight is 249 g/mol. The Balaban J connectivity index is 2.16. The van der Waals surface area contributed by atoms with E-state index in [0.29, 0.717) is 0 Å². The summed E-state index contributed by atoms with van der Waals surface area (Å²) < 4.78 is 0. The van der Waals surface area contributed by atoms with Crippen LogP contribution < -0.4 is 5.56 Å². The Morgan fingerprint density at radius 2 is 1.74 bits per heavy atom. The van der Waals surface area contributed by atoms with Crippen LogP contribution in [0.2, 0.25) is 0 Å². The molecule has 0 saturated carbocycles. The van der Waals surface area contributed by atoms with E-state index in [1.165, 1.54) is 5.56 Å². The summed E-state index contributed by atoms with van der Waals surface area (Å²) in [6.45, 7) is 2.13. The second kappa shape index (κ2) is 4.73. The number of benzene rings is 2. The fourth-order valence-electron chi connectivity index (χ4n) is 2.29. The van der Waals surface area contributed by atoms with E-state index in [-0.39, 0.29) is 5.56 Å². The molecule has 2 heteroatoms. The molecule has 19 heavy (non-hydrogen) atoms. The van der Waals surface area contributed by atoms with Gasteiger partial charge in [0.05, 0.1) is 0 Å². The van der Waals surface area contributed by atoms with Crippen molar-refractivity contribution in [2.24, 2.45) is 0 Å².